The summed E-state index contributed by atoms with van der Waals surface area (Å²) in [6, 6.07) is 2.64. The van der Waals surface area contributed by atoms with Crippen molar-refractivity contribution in [3.05, 3.63) is 28.8 Å². The number of carbonyl (C=O) groups excluding carboxylic acids is 1. The van der Waals surface area contributed by atoms with Gasteiger partial charge >= 0.3 is 6.18 Å². The number of nitrogens with zero attached hydrogens (tertiary/aromatic N) is 1. The number of hydrogen-bond donors (Lipinski definition) is 1. The minimum atomic E-state index is -4.39. The number of ether oxygens (including phenoxy) is 2. The Kier molecular flexibility index (Phi) is 7.04. The average Bonchev–Trinajstić information content (AvgIpc) is 2.44. The van der Waals surface area contributed by atoms with E-state index in [0.29, 0.717) is 11.1 Å². The molecule has 0 bridgehead atoms. The van der Waals surface area contributed by atoms with Gasteiger partial charge in [-0.3, -0.25) is 4.79 Å². The molecule has 8 heteroatoms. The third kappa shape index (κ3) is 6.01. The Hall–Kier alpha value is -1.80. The summed E-state index contributed by atoms with van der Waals surface area (Å²) in [5.74, 6) is -0.0642. The zero-order valence-electron chi connectivity index (χ0n) is 14.2. The predicted molar refractivity (Wildman–Crippen MR) is 83.8 cm³/mol. The number of halogens is 3. The Bertz CT molecular complexity index is 553. The second-order valence-corrected chi connectivity index (χ2v) is 5.72. The van der Waals surface area contributed by atoms with E-state index in [9.17, 15) is 18.0 Å². The van der Waals surface area contributed by atoms with Gasteiger partial charge in [0.2, 0.25) is 5.91 Å². The molecular formula is C16H23F3N2O3. The first-order valence-corrected chi connectivity index (χ1v) is 7.34. The number of likely N-dealkylation sites (N-methyl/N-ethyl adjacent to an activating group) is 1. The summed E-state index contributed by atoms with van der Waals surface area (Å²) in [4.78, 5) is 13.5. The summed E-state index contributed by atoms with van der Waals surface area (Å²) < 4.78 is 46.6. The molecule has 0 radical (unpaired) electrons. The molecule has 0 aliphatic carbocycles. The van der Waals surface area contributed by atoms with Gasteiger partial charge in [-0.2, -0.15) is 13.2 Å². The Balaban J connectivity index is 2.83. The fourth-order valence-corrected chi connectivity index (χ4v) is 2.40. The highest BCUT2D eigenvalue weighted by Crippen LogP contribution is 2.27. The molecule has 0 aromatic heterocycles. The van der Waals surface area contributed by atoms with Gasteiger partial charge in [0.05, 0.1) is 6.61 Å². The van der Waals surface area contributed by atoms with E-state index in [1.165, 1.54) is 12.0 Å². The molecule has 0 saturated heterocycles. The van der Waals surface area contributed by atoms with Crippen molar-refractivity contribution < 1.29 is 27.4 Å². The van der Waals surface area contributed by atoms with Gasteiger partial charge in [-0.05, 0) is 30.5 Å². The van der Waals surface area contributed by atoms with Crippen LogP contribution in [0, 0.1) is 13.8 Å². The Morgan fingerprint density at radius 1 is 1.29 bits per heavy atom. The van der Waals surface area contributed by atoms with E-state index in [2.05, 4.69) is 0 Å². The molecule has 1 atom stereocenters. The zero-order valence-corrected chi connectivity index (χ0v) is 14.2. The average molecular weight is 348 g/mol. The molecule has 1 aromatic rings. The van der Waals surface area contributed by atoms with Gasteiger partial charge in [-0.15, -0.1) is 0 Å². The van der Waals surface area contributed by atoms with E-state index in [-0.39, 0.29) is 24.8 Å². The number of nitrogens with two attached hydrogens (primary N) is 1. The molecular weight excluding hydrogens is 325 g/mol. The molecule has 0 fully saturated rings. The lowest BCUT2D eigenvalue weighted by atomic mass is 10.0. The number of rotatable bonds is 7. The highest BCUT2D eigenvalue weighted by atomic mass is 19.4. The maximum absolute atomic E-state index is 12.3. The van der Waals surface area contributed by atoms with E-state index in [1.807, 2.05) is 0 Å². The standard InChI is InChI=1S/C16H23F3N2O3/c1-10-5-12(7-21(3)15(22)13(20)8-23-4)6-11(2)14(10)24-9-16(17,18)19/h5-6,13H,7-9,20H2,1-4H3. The van der Waals surface area contributed by atoms with Gasteiger partial charge in [-0.25, -0.2) is 0 Å². The molecule has 136 valence electrons. The predicted octanol–water partition coefficient (Wildman–Crippen LogP) is 2.18. The molecule has 0 spiro atoms. The minimum absolute atomic E-state index is 0.117. The third-order valence-electron chi connectivity index (χ3n) is 3.36. The van der Waals surface area contributed by atoms with Crippen molar-refractivity contribution in [2.45, 2.75) is 32.6 Å². The van der Waals surface area contributed by atoms with Crippen LogP contribution in [0.15, 0.2) is 12.1 Å². The number of carbonyl (C=O) groups is 1. The first-order chi connectivity index (χ1) is 11.0. The van der Waals surface area contributed by atoms with Crippen molar-refractivity contribution in [3.8, 4) is 5.75 Å². The summed E-state index contributed by atoms with van der Waals surface area (Å²) in [5.41, 5.74) is 7.65. The second kappa shape index (κ2) is 8.34. The van der Waals surface area contributed by atoms with Crippen molar-refractivity contribution in [1.82, 2.24) is 4.90 Å². The van der Waals surface area contributed by atoms with Gasteiger partial charge in [0.25, 0.3) is 0 Å². The van der Waals surface area contributed by atoms with Crippen LogP contribution in [0.2, 0.25) is 0 Å². The maximum Gasteiger partial charge on any atom is 0.422 e. The van der Waals surface area contributed by atoms with Gasteiger partial charge < -0.3 is 20.1 Å². The first-order valence-electron chi connectivity index (χ1n) is 7.34. The highest BCUT2D eigenvalue weighted by Gasteiger charge is 2.29. The smallest absolute Gasteiger partial charge is 0.422 e. The Morgan fingerprint density at radius 3 is 2.29 bits per heavy atom. The first kappa shape index (κ1) is 20.2. The second-order valence-electron chi connectivity index (χ2n) is 5.72. The lowest BCUT2D eigenvalue weighted by Gasteiger charge is -2.22. The summed E-state index contributed by atoms with van der Waals surface area (Å²) in [7, 11) is 3.07. The highest BCUT2D eigenvalue weighted by molar-refractivity contribution is 5.81. The van der Waals surface area contributed by atoms with Crippen LogP contribution in [-0.2, 0) is 16.1 Å². The molecule has 1 amide bonds. The molecule has 0 saturated carbocycles. The molecule has 24 heavy (non-hydrogen) atoms. The van der Waals surface area contributed by atoms with Crippen molar-refractivity contribution in [2.75, 3.05) is 27.4 Å². The Labute approximate surface area is 139 Å². The summed E-state index contributed by atoms with van der Waals surface area (Å²) in [5, 5.41) is 0. The number of aryl methyl sites for hydroxylation is 2. The summed E-state index contributed by atoms with van der Waals surface area (Å²) in [6.07, 6.45) is -4.39. The Morgan fingerprint density at radius 2 is 1.83 bits per heavy atom. The molecule has 0 aliphatic rings. The van der Waals surface area contributed by atoms with Crippen LogP contribution in [0.25, 0.3) is 0 Å². The number of benzene rings is 1. The molecule has 0 aliphatic heterocycles. The van der Waals surface area contributed by atoms with Crippen LogP contribution >= 0.6 is 0 Å². The fraction of sp³-hybridized carbons (Fsp3) is 0.562. The summed E-state index contributed by atoms with van der Waals surface area (Å²) in [6.45, 7) is 2.41. The van der Waals surface area contributed by atoms with Crippen molar-refractivity contribution in [3.63, 3.8) is 0 Å². The van der Waals surface area contributed by atoms with Crippen molar-refractivity contribution in [2.24, 2.45) is 5.73 Å². The monoisotopic (exact) mass is 348 g/mol. The van der Waals surface area contributed by atoms with Gasteiger partial charge in [0.1, 0.15) is 11.8 Å². The van der Waals surface area contributed by atoms with Crippen LogP contribution < -0.4 is 10.5 Å². The summed E-state index contributed by atoms with van der Waals surface area (Å²) >= 11 is 0. The van der Waals surface area contributed by atoms with Crippen molar-refractivity contribution in [1.29, 1.82) is 0 Å². The van der Waals surface area contributed by atoms with Crippen LogP contribution in [0.1, 0.15) is 16.7 Å². The van der Waals surface area contributed by atoms with E-state index in [1.54, 1.807) is 33.0 Å². The molecule has 1 aromatic carbocycles. The third-order valence-corrected chi connectivity index (χ3v) is 3.36. The van der Waals surface area contributed by atoms with E-state index >= 15 is 0 Å². The van der Waals surface area contributed by atoms with Gasteiger partial charge in [-0.1, -0.05) is 12.1 Å². The van der Waals surface area contributed by atoms with Crippen LogP contribution in [-0.4, -0.2) is 50.4 Å². The molecule has 2 N–H and O–H groups in total. The molecule has 1 unspecified atom stereocenters. The lowest BCUT2D eigenvalue weighted by molar-refractivity contribution is -0.153. The maximum atomic E-state index is 12.3. The number of amides is 1. The normalized spacial score (nSPS) is 12.8. The largest absolute Gasteiger partial charge is 0.484 e. The van der Waals surface area contributed by atoms with Crippen molar-refractivity contribution >= 4 is 5.91 Å². The van der Waals surface area contributed by atoms with E-state index in [0.717, 1.165) is 5.56 Å². The van der Waals surface area contributed by atoms with E-state index in [4.69, 9.17) is 15.2 Å². The number of methoxy groups -OCH3 is 1. The minimum Gasteiger partial charge on any atom is -0.484 e. The molecule has 1 rings (SSSR count). The quantitative estimate of drug-likeness (QED) is 0.820. The SMILES string of the molecule is COCC(N)C(=O)N(C)Cc1cc(C)c(OCC(F)(F)F)c(C)c1. The zero-order chi connectivity index (χ0) is 18.5. The van der Waals surface area contributed by atoms with Crippen LogP contribution in [0.4, 0.5) is 13.2 Å². The van der Waals surface area contributed by atoms with E-state index < -0.39 is 18.8 Å². The fourth-order valence-electron chi connectivity index (χ4n) is 2.40. The van der Waals surface area contributed by atoms with Gasteiger partial charge in [0.15, 0.2) is 6.61 Å². The topological polar surface area (TPSA) is 64.8 Å². The number of hydrogen-bond acceptors (Lipinski definition) is 4. The van der Waals surface area contributed by atoms with Crippen LogP contribution in [0.5, 0.6) is 5.75 Å². The number of alkyl halides is 3. The lowest BCUT2D eigenvalue weighted by Crippen LogP contribution is -2.44. The van der Waals surface area contributed by atoms with Crippen LogP contribution in [0.3, 0.4) is 0 Å². The molecule has 5 nitrogen and oxygen atoms in total. The molecule has 0 heterocycles. The van der Waals surface area contributed by atoms with Gasteiger partial charge in [0, 0.05) is 20.7 Å².